The molecule has 0 aromatic heterocycles. The van der Waals surface area contributed by atoms with Crippen LogP contribution in [0.5, 0.6) is 0 Å². The van der Waals surface area contributed by atoms with Gasteiger partial charge in [-0.15, -0.1) is 6.58 Å². The van der Waals surface area contributed by atoms with E-state index in [4.69, 9.17) is 5.73 Å². The van der Waals surface area contributed by atoms with Crippen LogP contribution in [-0.4, -0.2) is 30.1 Å². The predicted molar refractivity (Wildman–Crippen MR) is 62.3 cm³/mol. The van der Waals surface area contributed by atoms with Crippen molar-refractivity contribution in [1.82, 2.24) is 4.90 Å². The third-order valence-corrected chi connectivity index (χ3v) is 2.82. The van der Waals surface area contributed by atoms with Crippen molar-refractivity contribution < 1.29 is 0 Å². The van der Waals surface area contributed by atoms with Crippen LogP contribution in [0.15, 0.2) is 12.7 Å². The Morgan fingerprint density at radius 2 is 2.29 bits per heavy atom. The minimum atomic E-state index is 0.357. The molecular formula is C12H24N2. The first-order valence-electron chi connectivity index (χ1n) is 5.88. The zero-order valence-electron chi connectivity index (χ0n) is 9.41. The van der Waals surface area contributed by atoms with Crippen LogP contribution in [0.4, 0.5) is 0 Å². The second-order valence-electron chi connectivity index (χ2n) is 4.38. The number of hydrogen-bond acceptors (Lipinski definition) is 2. The topological polar surface area (TPSA) is 29.3 Å². The molecular weight excluding hydrogens is 172 g/mol. The number of unbranched alkanes of at least 4 members (excludes halogenated alkanes) is 1. The molecule has 0 saturated heterocycles. The van der Waals surface area contributed by atoms with E-state index in [-0.39, 0.29) is 0 Å². The molecule has 1 aliphatic rings. The van der Waals surface area contributed by atoms with Gasteiger partial charge in [-0.3, -0.25) is 4.90 Å². The Labute approximate surface area is 88.2 Å². The minimum Gasteiger partial charge on any atom is -0.327 e. The molecule has 0 aromatic carbocycles. The van der Waals surface area contributed by atoms with Gasteiger partial charge in [-0.25, -0.2) is 0 Å². The third kappa shape index (κ3) is 4.25. The summed E-state index contributed by atoms with van der Waals surface area (Å²) in [4.78, 5) is 2.48. The molecule has 2 heteroatoms. The van der Waals surface area contributed by atoms with E-state index >= 15 is 0 Å². The summed E-state index contributed by atoms with van der Waals surface area (Å²) in [6.07, 6.45) is 8.37. The van der Waals surface area contributed by atoms with Gasteiger partial charge in [0.2, 0.25) is 0 Å². The van der Waals surface area contributed by atoms with Crippen LogP contribution in [0, 0.1) is 0 Å². The lowest BCUT2D eigenvalue weighted by Gasteiger charge is -2.24. The number of nitrogens with zero attached hydrogens (tertiary/aromatic N) is 1. The first-order chi connectivity index (χ1) is 6.77. The molecule has 1 saturated carbocycles. The van der Waals surface area contributed by atoms with Crippen LogP contribution in [0.25, 0.3) is 0 Å². The third-order valence-electron chi connectivity index (χ3n) is 2.82. The van der Waals surface area contributed by atoms with Gasteiger partial charge in [0.25, 0.3) is 0 Å². The van der Waals surface area contributed by atoms with Gasteiger partial charge in [0.15, 0.2) is 0 Å². The molecule has 0 spiro atoms. The van der Waals surface area contributed by atoms with Crippen LogP contribution in [0.1, 0.15) is 39.0 Å². The Bertz CT molecular complexity index is 164. The fourth-order valence-corrected chi connectivity index (χ4v) is 1.84. The molecule has 0 aliphatic heterocycles. The summed E-state index contributed by atoms with van der Waals surface area (Å²) >= 11 is 0. The summed E-state index contributed by atoms with van der Waals surface area (Å²) in [5, 5.41) is 0. The van der Waals surface area contributed by atoms with E-state index in [1.807, 2.05) is 6.08 Å². The standard InChI is InChI=1S/C12H24N2/c1-3-5-6-11(13)10-14(9-4-2)12-7-8-12/h4,11-12H,2-3,5-10,13H2,1H3. The van der Waals surface area contributed by atoms with Gasteiger partial charge in [0.1, 0.15) is 0 Å². The lowest BCUT2D eigenvalue weighted by Crippen LogP contribution is -2.38. The van der Waals surface area contributed by atoms with Gasteiger partial charge >= 0.3 is 0 Å². The Balaban J connectivity index is 2.19. The van der Waals surface area contributed by atoms with Crippen LogP contribution < -0.4 is 5.73 Å². The Kier molecular flexibility index (Phi) is 5.20. The van der Waals surface area contributed by atoms with E-state index in [9.17, 15) is 0 Å². The zero-order valence-corrected chi connectivity index (χ0v) is 9.41. The van der Waals surface area contributed by atoms with Gasteiger partial charge in [0, 0.05) is 25.2 Å². The predicted octanol–water partition coefficient (Wildman–Crippen LogP) is 2.15. The van der Waals surface area contributed by atoms with Crippen molar-refractivity contribution in [1.29, 1.82) is 0 Å². The maximum absolute atomic E-state index is 6.08. The number of hydrogen-bond donors (Lipinski definition) is 1. The molecule has 0 bridgehead atoms. The Hall–Kier alpha value is -0.340. The molecule has 0 radical (unpaired) electrons. The van der Waals surface area contributed by atoms with Gasteiger partial charge in [0.05, 0.1) is 0 Å². The van der Waals surface area contributed by atoms with Gasteiger partial charge < -0.3 is 5.73 Å². The van der Waals surface area contributed by atoms with Gasteiger partial charge in [-0.1, -0.05) is 25.8 Å². The molecule has 1 atom stereocenters. The molecule has 1 fully saturated rings. The summed E-state index contributed by atoms with van der Waals surface area (Å²) < 4.78 is 0. The highest BCUT2D eigenvalue weighted by Crippen LogP contribution is 2.26. The SMILES string of the molecule is C=CCN(CC(N)CCCC)C1CC1. The van der Waals surface area contributed by atoms with E-state index in [0.717, 1.165) is 25.6 Å². The minimum absolute atomic E-state index is 0.357. The van der Waals surface area contributed by atoms with Gasteiger partial charge in [-0.05, 0) is 19.3 Å². The van der Waals surface area contributed by atoms with Crippen molar-refractivity contribution in [3.05, 3.63) is 12.7 Å². The first kappa shape index (κ1) is 11.7. The molecule has 1 unspecified atom stereocenters. The number of rotatable bonds is 8. The van der Waals surface area contributed by atoms with E-state index < -0.39 is 0 Å². The lowest BCUT2D eigenvalue weighted by atomic mass is 10.1. The number of nitrogens with two attached hydrogens (primary N) is 1. The van der Waals surface area contributed by atoms with E-state index in [1.165, 1.54) is 25.7 Å². The molecule has 2 nitrogen and oxygen atoms in total. The summed E-state index contributed by atoms with van der Waals surface area (Å²) in [6, 6.07) is 1.16. The van der Waals surface area contributed by atoms with Crippen molar-refractivity contribution in [3.8, 4) is 0 Å². The molecule has 0 amide bonds. The summed E-state index contributed by atoms with van der Waals surface area (Å²) in [7, 11) is 0. The van der Waals surface area contributed by atoms with Crippen molar-refractivity contribution >= 4 is 0 Å². The van der Waals surface area contributed by atoms with E-state index in [0.29, 0.717) is 6.04 Å². The molecule has 1 aliphatic carbocycles. The highest BCUT2D eigenvalue weighted by atomic mass is 15.2. The Morgan fingerprint density at radius 1 is 1.57 bits per heavy atom. The lowest BCUT2D eigenvalue weighted by molar-refractivity contribution is 0.266. The van der Waals surface area contributed by atoms with Crippen LogP contribution in [-0.2, 0) is 0 Å². The summed E-state index contributed by atoms with van der Waals surface area (Å²) in [5.74, 6) is 0. The normalized spacial score (nSPS) is 18.5. The molecule has 82 valence electrons. The average Bonchev–Trinajstić information content (AvgIpc) is 2.97. The quantitative estimate of drug-likeness (QED) is 0.603. The molecule has 1 rings (SSSR count). The monoisotopic (exact) mass is 196 g/mol. The summed E-state index contributed by atoms with van der Waals surface area (Å²) in [6.45, 7) is 8.07. The zero-order chi connectivity index (χ0) is 10.4. The van der Waals surface area contributed by atoms with Crippen molar-refractivity contribution in [3.63, 3.8) is 0 Å². The average molecular weight is 196 g/mol. The second kappa shape index (κ2) is 6.20. The Morgan fingerprint density at radius 3 is 2.79 bits per heavy atom. The highest BCUT2D eigenvalue weighted by molar-refractivity contribution is 4.89. The fraction of sp³-hybridized carbons (Fsp3) is 0.833. The van der Waals surface area contributed by atoms with E-state index in [1.54, 1.807) is 0 Å². The van der Waals surface area contributed by atoms with Gasteiger partial charge in [-0.2, -0.15) is 0 Å². The maximum atomic E-state index is 6.08. The summed E-state index contributed by atoms with van der Waals surface area (Å²) in [5.41, 5.74) is 6.08. The smallest absolute Gasteiger partial charge is 0.0168 e. The molecule has 14 heavy (non-hydrogen) atoms. The van der Waals surface area contributed by atoms with Crippen LogP contribution >= 0.6 is 0 Å². The largest absolute Gasteiger partial charge is 0.327 e. The van der Waals surface area contributed by atoms with E-state index in [2.05, 4.69) is 18.4 Å². The first-order valence-corrected chi connectivity index (χ1v) is 5.88. The van der Waals surface area contributed by atoms with Crippen LogP contribution in [0.2, 0.25) is 0 Å². The van der Waals surface area contributed by atoms with Crippen molar-refractivity contribution in [2.24, 2.45) is 5.73 Å². The fourth-order valence-electron chi connectivity index (χ4n) is 1.84. The highest BCUT2D eigenvalue weighted by Gasteiger charge is 2.28. The van der Waals surface area contributed by atoms with Crippen LogP contribution in [0.3, 0.4) is 0 Å². The van der Waals surface area contributed by atoms with Crippen molar-refractivity contribution in [2.45, 2.75) is 51.1 Å². The molecule has 0 heterocycles. The maximum Gasteiger partial charge on any atom is 0.0168 e. The van der Waals surface area contributed by atoms with Crippen molar-refractivity contribution in [2.75, 3.05) is 13.1 Å². The molecule has 0 aromatic rings. The molecule has 2 N–H and O–H groups in total. The second-order valence-corrected chi connectivity index (χ2v) is 4.38.